The molecule has 1 aromatic heterocycles. The van der Waals surface area contributed by atoms with E-state index in [1.54, 1.807) is 23.5 Å². The number of aliphatic hydroxyl groups is 1. The molecule has 3 rings (SSSR count). The Morgan fingerprint density at radius 3 is 2.74 bits per heavy atom. The average Bonchev–Trinajstić information content (AvgIpc) is 2.85. The molecule has 4 heteroatoms. The summed E-state index contributed by atoms with van der Waals surface area (Å²) in [7, 11) is 0. The van der Waals surface area contributed by atoms with Gasteiger partial charge in [-0.25, -0.2) is 4.39 Å². The minimum Gasteiger partial charge on any atom is -0.384 e. The van der Waals surface area contributed by atoms with E-state index in [0.29, 0.717) is 10.0 Å². The van der Waals surface area contributed by atoms with Crippen molar-refractivity contribution < 1.29 is 9.50 Å². The van der Waals surface area contributed by atoms with Gasteiger partial charge in [0.15, 0.2) is 0 Å². The molecule has 0 aliphatic heterocycles. The molecule has 96 valence electrons. The van der Waals surface area contributed by atoms with Crippen molar-refractivity contribution in [3.8, 4) is 0 Å². The molecule has 3 aromatic rings. The quantitative estimate of drug-likeness (QED) is 0.706. The topological polar surface area (TPSA) is 20.2 Å². The van der Waals surface area contributed by atoms with Gasteiger partial charge in [-0.3, -0.25) is 0 Å². The van der Waals surface area contributed by atoms with Crippen LogP contribution in [0.25, 0.3) is 10.1 Å². The first-order valence-electron chi connectivity index (χ1n) is 5.76. The number of rotatable bonds is 2. The van der Waals surface area contributed by atoms with Crippen molar-refractivity contribution in [3.05, 3.63) is 69.3 Å². The van der Waals surface area contributed by atoms with Crippen LogP contribution in [0.2, 0.25) is 0 Å². The first-order chi connectivity index (χ1) is 9.16. The predicted molar refractivity (Wildman–Crippen MR) is 80.0 cm³/mol. The third kappa shape index (κ3) is 2.31. The van der Waals surface area contributed by atoms with E-state index >= 15 is 0 Å². The monoisotopic (exact) mass is 336 g/mol. The lowest BCUT2D eigenvalue weighted by Crippen LogP contribution is -1.99. The molecule has 1 N–H and O–H groups in total. The van der Waals surface area contributed by atoms with Gasteiger partial charge in [-0.2, -0.15) is 0 Å². The molecule has 0 aliphatic carbocycles. The Morgan fingerprint density at radius 1 is 1.16 bits per heavy atom. The zero-order valence-corrected chi connectivity index (χ0v) is 12.2. The fourth-order valence-electron chi connectivity index (χ4n) is 2.07. The van der Waals surface area contributed by atoms with Crippen LogP contribution < -0.4 is 0 Å². The first-order valence-corrected chi connectivity index (χ1v) is 7.43. The second-order valence-electron chi connectivity index (χ2n) is 4.26. The SMILES string of the molecule is OC(c1ccc(F)c(Br)c1)c1csc2ccccc12. The Kier molecular flexibility index (Phi) is 3.39. The number of benzene rings is 2. The summed E-state index contributed by atoms with van der Waals surface area (Å²) in [5.74, 6) is -0.328. The highest BCUT2D eigenvalue weighted by atomic mass is 79.9. The fraction of sp³-hybridized carbons (Fsp3) is 0.0667. The van der Waals surface area contributed by atoms with Crippen molar-refractivity contribution in [1.29, 1.82) is 0 Å². The van der Waals surface area contributed by atoms with E-state index in [9.17, 15) is 9.50 Å². The molecule has 2 aromatic carbocycles. The van der Waals surface area contributed by atoms with Crippen LogP contribution in [0, 0.1) is 5.82 Å². The molecule has 1 heterocycles. The van der Waals surface area contributed by atoms with Gasteiger partial charge in [0.1, 0.15) is 11.9 Å². The molecule has 1 nitrogen and oxygen atoms in total. The van der Waals surface area contributed by atoms with E-state index < -0.39 is 6.10 Å². The molecule has 1 unspecified atom stereocenters. The molecule has 0 saturated carbocycles. The van der Waals surface area contributed by atoms with E-state index in [-0.39, 0.29) is 5.82 Å². The van der Waals surface area contributed by atoms with E-state index in [2.05, 4.69) is 15.9 Å². The van der Waals surface area contributed by atoms with Crippen molar-refractivity contribution in [2.75, 3.05) is 0 Å². The van der Waals surface area contributed by atoms with Crippen LogP contribution in [0.1, 0.15) is 17.2 Å². The van der Waals surface area contributed by atoms with Crippen molar-refractivity contribution in [2.45, 2.75) is 6.10 Å². The number of thiophene rings is 1. The van der Waals surface area contributed by atoms with Crippen LogP contribution in [-0.2, 0) is 0 Å². The smallest absolute Gasteiger partial charge is 0.137 e. The summed E-state index contributed by atoms with van der Waals surface area (Å²) in [5, 5.41) is 13.5. The third-order valence-corrected chi connectivity index (χ3v) is 4.65. The molecule has 0 saturated heterocycles. The van der Waals surface area contributed by atoms with Gasteiger partial charge in [-0.1, -0.05) is 24.3 Å². The summed E-state index contributed by atoms with van der Waals surface area (Å²) < 4.78 is 14.7. The third-order valence-electron chi connectivity index (χ3n) is 3.06. The Balaban J connectivity index is 2.08. The predicted octanol–water partition coefficient (Wildman–Crippen LogP) is 4.88. The Labute approximate surface area is 122 Å². The van der Waals surface area contributed by atoms with E-state index in [1.165, 1.54) is 6.07 Å². The van der Waals surface area contributed by atoms with Gasteiger partial charge < -0.3 is 5.11 Å². The second kappa shape index (κ2) is 5.04. The summed E-state index contributed by atoms with van der Waals surface area (Å²) in [6.45, 7) is 0. The van der Waals surface area contributed by atoms with Crippen molar-refractivity contribution in [1.82, 2.24) is 0 Å². The molecule has 0 radical (unpaired) electrons. The van der Waals surface area contributed by atoms with Gasteiger partial charge in [0.2, 0.25) is 0 Å². The van der Waals surface area contributed by atoms with Gasteiger partial charge in [0, 0.05) is 10.3 Å². The minimum atomic E-state index is -0.743. The van der Waals surface area contributed by atoms with Crippen LogP contribution in [0.15, 0.2) is 52.3 Å². The zero-order chi connectivity index (χ0) is 13.4. The van der Waals surface area contributed by atoms with Crippen molar-refractivity contribution >= 4 is 37.4 Å². The van der Waals surface area contributed by atoms with E-state index in [4.69, 9.17) is 0 Å². The van der Waals surface area contributed by atoms with Gasteiger partial charge >= 0.3 is 0 Å². The van der Waals surface area contributed by atoms with Crippen molar-refractivity contribution in [3.63, 3.8) is 0 Å². The second-order valence-corrected chi connectivity index (χ2v) is 6.03. The molecule has 0 fully saturated rings. The van der Waals surface area contributed by atoms with Gasteiger partial charge in [0.25, 0.3) is 0 Å². The highest BCUT2D eigenvalue weighted by Crippen LogP contribution is 2.34. The van der Waals surface area contributed by atoms with Crippen LogP contribution >= 0.6 is 27.3 Å². The molecule has 0 aliphatic rings. The standard InChI is InChI=1S/C15H10BrFOS/c16-12-7-9(5-6-13(12)17)15(18)11-8-19-14-4-2-1-3-10(11)14/h1-8,15,18H. The van der Waals surface area contributed by atoms with Crippen LogP contribution in [0.3, 0.4) is 0 Å². The van der Waals surface area contributed by atoms with E-state index in [1.807, 2.05) is 29.6 Å². The van der Waals surface area contributed by atoms with E-state index in [0.717, 1.165) is 15.6 Å². The number of fused-ring (bicyclic) bond motifs is 1. The van der Waals surface area contributed by atoms with Crippen LogP contribution in [0.5, 0.6) is 0 Å². The molecule has 0 amide bonds. The van der Waals surface area contributed by atoms with Crippen LogP contribution in [-0.4, -0.2) is 5.11 Å². The highest BCUT2D eigenvalue weighted by Gasteiger charge is 2.16. The summed E-state index contributed by atoms with van der Waals surface area (Å²) in [6.07, 6.45) is -0.743. The highest BCUT2D eigenvalue weighted by molar-refractivity contribution is 9.10. The maximum atomic E-state index is 13.2. The van der Waals surface area contributed by atoms with Gasteiger partial charge in [0.05, 0.1) is 4.47 Å². The average molecular weight is 337 g/mol. The number of hydrogen-bond acceptors (Lipinski definition) is 2. The Bertz CT molecular complexity index is 738. The molecule has 0 spiro atoms. The Morgan fingerprint density at radius 2 is 1.95 bits per heavy atom. The van der Waals surface area contributed by atoms with Gasteiger partial charge in [-0.15, -0.1) is 11.3 Å². The lowest BCUT2D eigenvalue weighted by molar-refractivity contribution is 0.222. The first kappa shape index (κ1) is 12.8. The maximum Gasteiger partial charge on any atom is 0.137 e. The van der Waals surface area contributed by atoms with Crippen molar-refractivity contribution in [2.24, 2.45) is 0 Å². The van der Waals surface area contributed by atoms with Crippen LogP contribution in [0.4, 0.5) is 4.39 Å². The molecule has 0 bridgehead atoms. The minimum absolute atomic E-state index is 0.328. The number of halogens is 2. The molecular weight excluding hydrogens is 327 g/mol. The normalized spacial score (nSPS) is 12.8. The number of hydrogen-bond donors (Lipinski definition) is 1. The summed E-state index contributed by atoms with van der Waals surface area (Å²) in [6, 6.07) is 12.5. The molecular formula is C15H10BrFOS. The summed E-state index contributed by atoms with van der Waals surface area (Å²) in [5.41, 5.74) is 1.54. The lowest BCUT2D eigenvalue weighted by Gasteiger charge is -2.11. The maximum absolute atomic E-state index is 13.2. The van der Waals surface area contributed by atoms with Gasteiger partial charge in [-0.05, 0) is 50.5 Å². The molecule has 19 heavy (non-hydrogen) atoms. The number of aliphatic hydroxyl groups excluding tert-OH is 1. The fourth-order valence-corrected chi connectivity index (χ4v) is 3.45. The largest absolute Gasteiger partial charge is 0.384 e. The zero-order valence-electron chi connectivity index (χ0n) is 9.81. The summed E-state index contributed by atoms with van der Waals surface area (Å²) in [4.78, 5) is 0. The lowest BCUT2D eigenvalue weighted by atomic mass is 10.0. The molecule has 1 atom stereocenters. The Hall–Kier alpha value is -1.23. The summed E-state index contributed by atoms with van der Waals surface area (Å²) >= 11 is 4.74.